The average Bonchev–Trinajstić information content (AvgIpc) is 3.70. The van der Waals surface area contributed by atoms with E-state index in [2.05, 4.69) is 168 Å². The third-order valence-corrected chi connectivity index (χ3v) is 10.0. The SMILES string of the molecule is c1ccc(-c2ccccc2-n2c3ccccc3c3ccc4c(c32)-c2ccccc2C42c3ccccc3-c3ccccc32)cc1. The normalized spacial score (nSPS) is 13.6. The summed E-state index contributed by atoms with van der Waals surface area (Å²) < 4.78 is 2.54. The number of hydrogen-bond donors (Lipinski definition) is 0. The zero-order chi connectivity index (χ0) is 28.8. The van der Waals surface area contributed by atoms with Gasteiger partial charge in [-0.05, 0) is 56.6 Å². The Morgan fingerprint density at radius 3 is 1.64 bits per heavy atom. The number of hydrogen-bond acceptors (Lipinski definition) is 0. The van der Waals surface area contributed by atoms with Crippen LogP contribution in [0.2, 0.25) is 0 Å². The largest absolute Gasteiger partial charge is 0.308 e. The maximum absolute atomic E-state index is 2.54. The molecule has 0 fully saturated rings. The van der Waals surface area contributed by atoms with Crippen molar-refractivity contribution in [1.82, 2.24) is 4.57 Å². The lowest BCUT2D eigenvalue weighted by Gasteiger charge is -2.30. The number of fused-ring (bicyclic) bond motifs is 14. The lowest BCUT2D eigenvalue weighted by Crippen LogP contribution is -2.25. The van der Waals surface area contributed by atoms with Crippen LogP contribution >= 0.6 is 0 Å². The topological polar surface area (TPSA) is 4.93 Å². The van der Waals surface area contributed by atoms with Crippen molar-refractivity contribution in [2.75, 3.05) is 0 Å². The van der Waals surface area contributed by atoms with Gasteiger partial charge >= 0.3 is 0 Å². The van der Waals surface area contributed by atoms with Gasteiger partial charge in [-0.25, -0.2) is 0 Å². The number of rotatable bonds is 2. The quantitative estimate of drug-likeness (QED) is 0.199. The van der Waals surface area contributed by atoms with Gasteiger partial charge in [-0.2, -0.15) is 0 Å². The van der Waals surface area contributed by atoms with E-state index in [1.54, 1.807) is 0 Å². The van der Waals surface area contributed by atoms with Crippen LogP contribution in [-0.4, -0.2) is 4.57 Å². The Labute approximate surface area is 256 Å². The summed E-state index contributed by atoms with van der Waals surface area (Å²) >= 11 is 0. The van der Waals surface area contributed by atoms with Crippen LogP contribution < -0.4 is 0 Å². The molecule has 0 saturated carbocycles. The highest BCUT2D eigenvalue weighted by Crippen LogP contribution is 2.64. The minimum absolute atomic E-state index is 0.368. The Bertz CT molecular complexity index is 2400. The van der Waals surface area contributed by atoms with Crippen LogP contribution in [0.25, 0.3) is 60.9 Å². The highest BCUT2D eigenvalue weighted by atomic mass is 15.0. The molecule has 0 amide bonds. The predicted molar refractivity (Wildman–Crippen MR) is 183 cm³/mol. The smallest absolute Gasteiger partial charge is 0.0726 e. The van der Waals surface area contributed by atoms with Crippen LogP contribution in [0.3, 0.4) is 0 Å². The monoisotopic (exact) mass is 557 g/mol. The summed E-state index contributed by atoms with van der Waals surface area (Å²) in [7, 11) is 0. The fourth-order valence-corrected chi connectivity index (χ4v) is 8.41. The molecule has 10 rings (SSSR count). The van der Waals surface area contributed by atoms with Crippen LogP contribution in [0.1, 0.15) is 22.3 Å². The molecule has 2 aliphatic rings. The molecule has 0 atom stereocenters. The van der Waals surface area contributed by atoms with Gasteiger partial charge in [0.2, 0.25) is 0 Å². The van der Waals surface area contributed by atoms with Gasteiger partial charge in [0.15, 0.2) is 0 Å². The Hall–Kier alpha value is -5.66. The van der Waals surface area contributed by atoms with Crippen molar-refractivity contribution in [3.63, 3.8) is 0 Å². The van der Waals surface area contributed by atoms with Gasteiger partial charge in [-0.15, -0.1) is 0 Å². The first kappa shape index (κ1) is 23.9. The molecule has 204 valence electrons. The Balaban J connectivity index is 1.42. The van der Waals surface area contributed by atoms with Crippen molar-refractivity contribution >= 4 is 21.8 Å². The summed E-state index contributed by atoms with van der Waals surface area (Å²) in [6.45, 7) is 0. The average molecular weight is 558 g/mol. The van der Waals surface area contributed by atoms with Crippen molar-refractivity contribution < 1.29 is 0 Å². The minimum Gasteiger partial charge on any atom is -0.308 e. The number of nitrogens with zero attached hydrogens (tertiary/aromatic N) is 1. The van der Waals surface area contributed by atoms with Crippen LogP contribution in [0.5, 0.6) is 0 Å². The first-order valence-electron chi connectivity index (χ1n) is 15.4. The highest BCUT2D eigenvalue weighted by molar-refractivity contribution is 6.17. The zero-order valence-corrected chi connectivity index (χ0v) is 24.0. The van der Waals surface area contributed by atoms with E-state index < -0.39 is 0 Å². The van der Waals surface area contributed by atoms with Gasteiger partial charge < -0.3 is 4.57 Å². The van der Waals surface area contributed by atoms with Gasteiger partial charge in [-0.1, -0.05) is 152 Å². The molecule has 8 aromatic rings. The number of para-hydroxylation sites is 2. The lowest BCUT2D eigenvalue weighted by atomic mass is 9.70. The van der Waals surface area contributed by atoms with Crippen molar-refractivity contribution in [2.45, 2.75) is 5.41 Å². The summed E-state index contributed by atoms with van der Waals surface area (Å²) in [5, 5.41) is 2.56. The Morgan fingerprint density at radius 1 is 0.364 bits per heavy atom. The molecule has 1 heteroatoms. The molecular weight excluding hydrogens is 530 g/mol. The standard InChI is InChI=1S/C43H27N/c1-2-14-28(15-3-1)29-16-7-12-24-39(29)44-40-25-13-8-19-32(40)33-26-27-38-41(42(33)44)34-20-6-11-23-37(34)43(38)35-21-9-4-17-30(35)31-18-5-10-22-36(31)43/h1-27H. The summed E-state index contributed by atoms with van der Waals surface area (Å²) in [5.41, 5.74) is 16.6. The molecule has 7 aromatic carbocycles. The first-order valence-corrected chi connectivity index (χ1v) is 15.4. The van der Waals surface area contributed by atoms with Gasteiger partial charge in [0.1, 0.15) is 0 Å². The second-order valence-corrected chi connectivity index (χ2v) is 12.0. The van der Waals surface area contributed by atoms with Gasteiger partial charge in [0.05, 0.1) is 22.1 Å². The van der Waals surface area contributed by atoms with E-state index in [4.69, 9.17) is 0 Å². The van der Waals surface area contributed by atoms with Gasteiger partial charge in [-0.3, -0.25) is 0 Å². The van der Waals surface area contributed by atoms with Gasteiger partial charge in [0, 0.05) is 21.9 Å². The van der Waals surface area contributed by atoms with Crippen LogP contribution in [0.15, 0.2) is 164 Å². The molecule has 1 heterocycles. The Morgan fingerprint density at radius 2 is 0.909 bits per heavy atom. The lowest BCUT2D eigenvalue weighted by molar-refractivity contribution is 0.794. The molecule has 1 aromatic heterocycles. The molecule has 44 heavy (non-hydrogen) atoms. The number of benzene rings is 7. The van der Waals surface area contributed by atoms with E-state index in [9.17, 15) is 0 Å². The molecule has 0 unspecified atom stereocenters. The zero-order valence-electron chi connectivity index (χ0n) is 24.0. The van der Waals surface area contributed by atoms with Crippen molar-refractivity contribution in [3.05, 3.63) is 186 Å². The van der Waals surface area contributed by atoms with Gasteiger partial charge in [0.25, 0.3) is 0 Å². The van der Waals surface area contributed by atoms with Crippen molar-refractivity contribution in [2.24, 2.45) is 0 Å². The predicted octanol–water partition coefficient (Wildman–Crippen LogP) is 10.8. The van der Waals surface area contributed by atoms with E-state index in [1.165, 1.54) is 83.1 Å². The van der Waals surface area contributed by atoms with E-state index in [0.29, 0.717) is 0 Å². The fourth-order valence-electron chi connectivity index (χ4n) is 8.41. The van der Waals surface area contributed by atoms with Crippen LogP contribution in [0, 0.1) is 0 Å². The van der Waals surface area contributed by atoms with E-state index in [0.717, 1.165) is 0 Å². The molecule has 0 radical (unpaired) electrons. The van der Waals surface area contributed by atoms with E-state index in [-0.39, 0.29) is 5.41 Å². The fraction of sp³-hybridized carbons (Fsp3) is 0.0233. The third-order valence-electron chi connectivity index (χ3n) is 10.0. The minimum atomic E-state index is -0.368. The van der Waals surface area contributed by atoms with Crippen LogP contribution in [0.4, 0.5) is 0 Å². The second kappa shape index (κ2) is 8.69. The molecule has 0 bridgehead atoms. The summed E-state index contributed by atoms with van der Waals surface area (Å²) in [5.74, 6) is 0. The molecule has 0 N–H and O–H groups in total. The summed E-state index contributed by atoms with van der Waals surface area (Å²) in [4.78, 5) is 0. The third kappa shape index (κ3) is 2.84. The molecular formula is C43H27N. The van der Waals surface area contributed by atoms with Crippen LogP contribution in [-0.2, 0) is 5.41 Å². The van der Waals surface area contributed by atoms with Crippen molar-refractivity contribution in [1.29, 1.82) is 0 Å². The Kier molecular flexibility index (Phi) is 4.71. The summed E-state index contributed by atoms with van der Waals surface area (Å²) in [6.07, 6.45) is 0. The number of aromatic nitrogens is 1. The molecule has 2 aliphatic carbocycles. The summed E-state index contributed by atoms with van der Waals surface area (Å²) in [6, 6.07) is 60.6. The molecule has 1 spiro atoms. The first-order chi connectivity index (χ1) is 21.9. The second-order valence-electron chi connectivity index (χ2n) is 12.0. The van der Waals surface area contributed by atoms with Crippen molar-refractivity contribution in [3.8, 4) is 39.1 Å². The van der Waals surface area contributed by atoms with E-state index in [1.807, 2.05) is 0 Å². The maximum atomic E-state index is 2.54. The molecule has 0 saturated heterocycles. The highest BCUT2D eigenvalue weighted by Gasteiger charge is 2.52. The maximum Gasteiger partial charge on any atom is 0.0726 e. The van der Waals surface area contributed by atoms with E-state index >= 15 is 0 Å². The molecule has 1 nitrogen and oxygen atoms in total. The molecule has 0 aliphatic heterocycles.